The molecule has 0 saturated carbocycles. The van der Waals surface area contributed by atoms with E-state index in [1.165, 1.54) is 12.8 Å². The molecule has 0 bridgehead atoms. The normalized spacial score (nSPS) is 25.0. The SMILES string of the molecule is Cn1c(C(=O)N2CCC[C@](O)(CN3CCCC3)C2)cc2ccccc21. The maximum Gasteiger partial charge on any atom is 0.270 e. The number of carbonyl (C=O) groups excluding carboxylic acids is 1. The van der Waals surface area contributed by atoms with Gasteiger partial charge in [-0.2, -0.15) is 0 Å². The maximum atomic E-state index is 13.1. The molecule has 2 aliphatic rings. The molecule has 25 heavy (non-hydrogen) atoms. The third kappa shape index (κ3) is 3.18. The molecule has 2 fully saturated rings. The van der Waals surface area contributed by atoms with Crippen LogP contribution in [0.5, 0.6) is 0 Å². The van der Waals surface area contributed by atoms with Crippen LogP contribution in [0.2, 0.25) is 0 Å². The van der Waals surface area contributed by atoms with Crippen molar-refractivity contribution in [3.8, 4) is 0 Å². The van der Waals surface area contributed by atoms with Gasteiger partial charge < -0.3 is 19.5 Å². The number of aliphatic hydroxyl groups is 1. The summed E-state index contributed by atoms with van der Waals surface area (Å²) in [6.07, 6.45) is 4.08. The molecule has 1 amide bonds. The average molecular weight is 341 g/mol. The van der Waals surface area contributed by atoms with E-state index < -0.39 is 5.60 Å². The van der Waals surface area contributed by atoms with Crippen molar-refractivity contribution in [2.75, 3.05) is 32.7 Å². The van der Waals surface area contributed by atoms with Crippen molar-refractivity contribution in [2.45, 2.75) is 31.3 Å². The summed E-state index contributed by atoms with van der Waals surface area (Å²) >= 11 is 0. The van der Waals surface area contributed by atoms with E-state index in [9.17, 15) is 9.90 Å². The number of likely N-dealkylation sites (tertiary alicyclic amines) is 2. The Kier molecular flexibility index (Phi) is 4.29. The van der Waals surface area contributed by atoms with Crippen molar-refractivity contribution < 1.29 is 9.90 Å². The first-order chi connectivity index (χ1) is 12.1. The van der Waals surface area contributed by atoms with Crippen LogP contribution in [-0.4, -0.2) is 63.7 Å². The molecule has 1 N–H and O–H groups in total. The van der Waals surface area contributed by atoms with Crippen LogP contribution in [0.15, 0.2) is 30.3 Å². The van der Waals surface area contributed by atoms with Crippen LogP contribution in [-0.2, 0) is 7.05 Å². The lowest BCUT2D eigenvalue weighted by Crippen LogP contribution is -2.55. The van der Waals surface area contributed by atoms with Gasteiger partial charge in [0.25, 0.3) is 5.91 Å². The monoisotopic (exact) mass is 341 g/mol. The number of piperidine rings is 1. The largest absolute Gasteiger partial charge is 0.387 e. The highest BCUT2D eigenvalue weighted by Crippen LogP contribution is 2.26. The number of carbonyl (C=O) groups is 1. The lowest BCUT2D eigenvalue weighted by molar-refractivity contribution is -0.0432. The molecule has 5 nitrogen and oxygen atoms in total. The van der Waals surface area contributed by atoms with Crippen molar-refractivity contribution in [1.29, 1.82) is 0 Å². The molecule has 0 spiro atoms. The molecule has 4 rings (SSSR count). The van der Waals surface area contributed by atoms with E-state index in [0.717, 1.165) is 43.4 Å². The number of fused-ring (bicyclic) bond motifs is 1. The number of amides is 1. The second-order valence-corrected chi connectivity index (χ2v) is 7.69. The third-order valence-electron chi connectivity index (χ3n) is 5.73. The zero-order chi connectivity index (χ0) is 17.4. The first-order valence-electron chi connectivity index (χ1n) is 9.34. The van der Waals surface area contributed by atoms with Crippen LogP contribution in [0.3, 0.4) is 0 Å². The zero-order valence-corrected chi connectivity index (χ0v) is 14.9. The molecule has 1 aromatic carbocycles. The Balaban J connectivity index is 1.53. The predicted molar refractivity (Wildman–Crippen MR) is 98.7 cm³/mol. The Labute approximate surface area is 148 Å². The van der Waals surface area contributed by atoms with Crippen molar-refractivity contribution >= 4 is 16.8 Å². The minimum atomic E-state index is -0.775. The number of hydrogen-bond acceptors (Lipinski definition) is 3. The molecule has 134 valence electrons. The van der Waals surface area contributed by atoms with Gasteiger partial charge in [-0.15, -0.1) is 0 Å². The second-order valence-electron chi connectivity index (χ2n) is 7.69. The minimum Gasteiger partial charge on any atom is -0.387 e. The van der Waals surface area contributed by atoms with Gasteiger partial charge in [-0.05, 0) is 50.9 Å². The summed E-state index contributed by atoms with van der Waals surface area (Å²) in [6.45, 7) is 3.98. The number of aryl methyl sites for hydroxylation is 1. The lowest BCUT2D eigenvalue weighted by atomic mass is 9.92. The number of para-hydroxylation sites is 1. The van der Waals surface area contributed by atoms with Gasteiger partial charge >= 0.3 is 0 Å². The molecular formula is C20H27N3O2. The van der Waals surface area contributed by atoms with Gasteiger partial charge in [-0.1, -0.05) is 18.2 Å². The Hall–Kier alpha value is -1.85. The Bertz CT molecular complexity index is 778. The topological polar surface area (TPSA) is 48.7 Å². The van der Waals surface area contributed by atoms with Crippen LogP contribution >= 0.6 is 0 Å². The molecule has 3 heterocycles. The van der Waals surface area contributed by atoms with Gasteiger partial charge in [0.15, 0.2) is 0 Å². The first kappa shape index (κ1) is 16.6. The fraction of sp³-hybridized carbons (Fsp3) is 0.550. The van der Waals surface area contributed by atoms with Gasteiger partial charge in [0.05, 0.1) is 12.1 Å². The number of β-amino-alcohol motifs (C(OH)–C–C–N with tert-alkyl or cyclic N) is 1. The van der Waals surface area contributed by atoms with Gasteiger partial charge in [0, 0.05) is 31.0 Å². The molecular weight excluding hydrogens is 314 g/mol. The van der Waals surface area contributed by atoms with E-state index in [1.807, 2.05) is 46.8 Å². The fourth-order valence-electron chi connectivity index (χ4n) is 4.43. The maximum absolute atomic E-state index is 13.1. The summed E-state index contributed by atoms with van der Waals surface area (Å²) in [5, 5.41) is 12.1. The summed E-state index contributed by atoms with van der Waals surface area (Å²) in [4.78, 5) is 17.3. The molecule has 2 saturated heterocycles. The number of aromatic nitrogens is 1. The molecule has 1 atom stereocenters. The summed E-state index contributed by atoms with van der Waals surface area (Å²) in [5.74, 6) is 0.0262. The third-order valence-corrected chi connectivity index (χ3v) is 5.73. The van der Waals surface area contributed by atoms with E-state index in [0.29, 0.717) is 18.8 Å². The van der Waals surface area contributed by atoms with Crippen LogP contribution in [0, 0.1) is 0 Å². The predicted octanol–water partition coefficient (Wildman–Crippen LogP) is 2.24. The van der Waals surface area contributed by atoms with E-state index >= 15 is 0 Å². The highest BCUT2D eigenvalue weighted by atomic mass is 16.3. The number of rotatable bonds is 3. The van der Waals surface area contributed by atoms with E-state index in [1.54, 1.807) is 0 Å². The van der Waals surface area contributed by atoms with Gasteiger partial charge in [-0.3, -0.25) is 4.79 Å². The van der Waals surface area contributed by atoms with Crippen molar-refractivity contribution in [3.05, 3.63) is 36.0 Å². The van der Waals surface area contributed by atoms with Crippen LogP contribution < -0.4 is 0 Å². The van der Waals surface area contributed by atoms with Gasteiger partial charge in [0.1, 0.15) is 5.69 Å². The zero-order valence-electron chi connectivity index (χ0n) is 14.9. The van der Waals surface area contributed by atoms with Crippen molar-refractivity contribution in [2.24, 2.45) is 7.05 Å². The molecule has 2 aliphatic heterocycles. The highest BCUT2D eigenvalue weighted by molar-refractivity contribution is 5.98. The number of hydrogen-bond donors (Lipinski definition) is 1. The smallest absolute Gasteiger partial charge is 0.270 e. The summed E-state index contributed by atoms with van der Waals surface area (Å²) < 4.78 is 1.96. The van der Waals surface area contributed by atoms with E-state index in [4.69, 9.17) is 0 Å². The molecule has 5 heteroatoms. The van der Waals surface area contributed by atoms with Crippen molar-refractivity contribution in [1.82, 2.24) is 14.4 Å². The second kappa shape index (κ2) is 6.46. The molecule has 0 radical (unpaired) electrons. The highest BCUT2D eigenvalue weighted by Gasteiger charge is 2.37. The van der Waals surface area contributed by atoms with Gasteiger partial charge in [0.2, 0.25) is 0 Å². The first-order valence-corrected chi connectivity index (χ1v) is 9.34. The summed E-state index contributed by atoms with van der Waals surface area (Å²) in [7, 11) is 1.94. The van der Waals surface area contributed by atoms with Gasteiger partial charge in [-0.25, -0.2) is 0 Å². The fourth-order valence-corrected chi connectivity index (χ4v) is 4.43. The van der Waals surface area contributed by atoms with Crippen LogP contribution in [0.25, 0.3) is 10.9 Å². The minimum absolute atomic E-state index is 0.0262. The molecule has 0 unspecified atom stereocenters. The Morgan fingerprint density at radius 1 is 1.16 bits per heavy atom. The Morgan fingerprint density at radius 3 is 2.68 bits per heavy atom. The molecule has 0 aliphatic carbocycles. The average Bonchev–Trinajstić information content (AvgIpc) is 3.22. The van der Waals surface area contributed by atoms with Crippen molar-refractivity contribution in [3.63, 3.8) is 0 Å². The van der Waals surface area contributed by atoms with Crippen LogP contribution in [0.4, 0.5) is 0 Å². The number of benzene rings is 1. The quantitative estimate of drug-likeness (QED) is 0.931. The van der Waals surface area contributed by atoms with E-state index in [2.05, 4.69) is 4.90 Å². The standard InChI is InChI=1S/C20H27N3O2/c1-21-17-8-3-2-7-16(17)13-18(21)19(24)23-12-6-9-20(25,15-23)14-22-10-4-5-11-22/h2-3,7-8,13,25H,4-6,9-12,14-15H2,1H3/t20-/m0/s1. The summed E-state index contributed by atoms with van der Waals surface area (Å²) in [6, 6.07) is 10.0. The molecule has 1 aromatic heterocycles. The number of nitrogens with zero attached hydrogens (tertiary/aromatic N) is 3. The Morgan fingerprint density at radius 2 is 1.92 bits per heavy atom. The van der Waals surface area contributed by atoms with E-state index in [-0.39, 0.29) is 5.91 Å². The lowest BCUT2D eigenvalue weighted by Gasteiger charge is -2.41. The van der Waals surface area contributed by atoms with Crippen LogP contribution in [0.1, 0.15) is 36.2 Å². The summed E-state index contributed by atoms with van der Waals surface area (Å²) in [5.41, 5.74) is 0.991. The molecule has 2 aromatic rings.